The van der Waals surface area contributed by atoms with Crippen LogP contribution in [0.4, 0.5) is 4.79 Å². The van der Waals surface area contributed by atoms with E-state index in [0.29, 0.717) is 0 Å². The molecule has 0 fully saturated rings. The van der Waals surface area contributed by atoms with Crippen LogP contribution in [0.3, 0.4) is 0 Å². The number of hydrogen-bond acceptors (Lipinski definition) is 8. The molecule has 35 heavy (non-hydrogen) atoms. The van der Waals surface area contributed by atoms with Gasteiger partial charge in [0.25, 0.3) is 5.89 Å². The average Bonchev–Trinajstić information content (AvgIpc) is 3.35. The second kappa shape index (κ2) is 12.9. The number of carboxylic acids is 1. The van der Waals surface area contributed by atoms with E-state index in [1.807, 2.05) is 6.07 Å². The summed E-state index contributed by atoms with van der Waals surface area (Å²) in [7, 11) is 1.34. The van der Waals surface area contributed by atoms with Gasteiger partial charge in [-0.25, -0.2) is 9.78 Å². The number of nitrogens with one attached hydrogen (secondary N) is 2. The molecule has 3 N–H and O–H groups in total. The maximum absolute atomic E-state index is 12.9. The Bertz CT molecular complexity index is 1020. The number of ether oxygens (including phenoxy) is 1. The summed E-state index contributed by atoms with van der Waals surface area (Å²) in [6.45, 7) is 2.96. The predicted octanol–water partition coefficient (Wildman–Crippen LogP) is 1.23. The maximum Gasteiger partial charge on any atom is 0.408 e. The first-order valence-electron chi connectivity index (χ1n) is 10.8. The second-order valence-corrected chi connectivity index (χ2v) is 8.04. The van der Waals surface area contributed by atoms with Gasteiger partial charge in [0, 0.05) is 7.05 Å². The number of oxazole rings is 1. The van der Waals surface area contributed by atoms with Crippen molar-refractivity contribution in [1.82, 2.24) is 20.5 Å². The van der Waals surface area contributed by atoms with Gasteiger partial charge in [-0.1, -0.05) is 44.2 Å². The van der Waals surface area contributed by atoms with Gasteiger partial charge in [-0.05, 0) is 11.5 Å². The van der Waals surface area contributed by atoms with E-state index in [4.69, 9.17) is 14.3 Å². The van der Waals surface area contributed by atoms with Crippen molar-refractivity contribution < 1.29 is 38.2 Å². The molecule has 2 aromatic rings. The van der Waals surface area contributed by atoms with Crippen LogP contribution in [-0.2, 0) is 25.7 Å². The van der Waals surface area contributed by atoms with Gasteiger partial charge in [0.15, 0.2) is 0 Å². The fourth-order valence-corrected chi connectivity index (χ4v) is 3.05. The van der Waals surface area contributed by atoms with Crippen molar-refractivity contribution in [2.24, 2.45) is 5.92 Å². The Morgan fingerprint density at radius 3 is 2.37 bits per heavy atom. The molecule has 2 unspecified atom stereocenters. The van der Waals surface area contributed by atoms with Crippen molar-refractivity contribution in [2.45, 2.75) is 39.0 Å². The highest BCUT2D eigenvalue weighted by molar-refractivity contribution is 6.00. The molecule has 0 bridgehead atoms. The molecule has 0 spiro atoms. The second-order valence-electron chi connectivity index (χ2n) is 8.04. The summed E-state index contributed by atoms with van der Waals surface area (Å²) in [6.07, 6.45) is 0.859. The van der Waals surface area contributed by atoms with Gasteiger partial charge in [-0.15, -0.1) is 0 Å². The van der Waals surface area contributed by atoms with Crippen LogP contribution in [0.1, 0.15) is 36.5 Å². The molecule has 1 heterocycles. The maximum atomic E-state index is 12.9. The molecule has 0 aliphatic carbocycles. The lowest BCUT2D eigenvalue weighted by Crippen LogP contribution is -2.53. The lowest BCUT2D eigenvalue weighted by molar-refractivity contribution is -0.139. The minimum absolute atomic E-state index is 0.0213. The van der Waals surface area contributed by atoms with Crippen LogP contribution in [0.5, 0.6) is 0 Å². The normalized spacial score (nSPS) is 12.3. The molecule has 2 atom stereocenters. The molecule has 0 saturated heterocycles. The number of likely N-dealkylation sites (N-methyl/N-ethyl adjacent to an activating group) is 1. The van der Waals surface area contributed by atoms with Gasteiger partial charge in [0.2, 0.25) is 17.6 Å². The van der Waals surface area contributed by atoms with Crippen molar-refractivity contribution in [1.29, 1.82) is 0 Å². The minimum atomic E-state index is -1.44. The first-order valence-corrected chi connectivity index (χ1v) is 10.8. The minimum Gasteiger partial charge on any atom is -0.481 e. The van der Waals surface area contributed by atoms with Gasteiger partial charge in [-0.3, -0.25) is 19.2 Å². The number of Topliss-reactive ketones (excluding diaryl/α,β-unsaturated/α-hetero) is 1. The van der Waals surface area contributed by atoms with E-state index in [1.165, 1.54) is 13.2 Å². The predicted molar refractivity (Wildman–Crippen MR) is 121 cm³/mol. The number of carbonyl (C=O) groups excluding carboxylic acids is 4. The molecule has 3 amide bonds. The van der Waals surface area contributed by atoms with Crippen LogP contribution in [0.15, 0.2) is 47.2 Å². The monoisotopic (exact) mass is 488 g/mol. The van der Waals surface area contributed by atoms with E-state index in [1.54, 1.807) is 38.1 Å². The highest BCUT2D eigenvalue weighted by Crippen LogP contribution is 2.08. The number of carboxylic acid groups (broad SMARTS) is 1. The number of nitrogens with zero attached hydrogens (tertiary/aromatic N) is 2. The van der Waals surface area contributed by atoms with Gasteiger partial charge in [-0.2, -0.15) is 0 Å². The van der Waals surface area contributed by atoms with Gasteiger partial charge in [0.05, 0.1) is 19.2 Å². The number of hydrogen-bond donors (Lipinski definition) is 3. The zero-order valence-electron chi connectivity index (χ0n) is 19.6. The molecule has 12 nitrogen and oxygen atoms in total. The standard InChI is InChI=1S/C23H28N4O8/c1-14(2)19(26-23(33)35-13-15-7-5-4-6-8-15)22(32)27(3)12-17(28)25-16(11-18(29)30)20(31)21-24-9-10-34-21/h4-10,14,16,19H,11-13H2,1-3H3,(H,25,28)(H,26,33)(H,29,30). The van der Waals surface area contributed by atoms with E-state index in [2.05, 4.69) is 15.6 Å². The number of aromatic nitrogens is 1. The smallest absolute Gasteiger partial charge is 0.408 e. The molecular formula is C23H28N4O8. The fourth-order valence-electron chi connectivity index (χ4n) is 3.05. The van der Waals surface area contributed by atoms with Crippen LogP contribution in [0.2, 0.25) is 0 Å². The zero-order chi connectivity index (χ0) is 26.0. The summed E-state index contributed by atoms with van der Waals surface area (Å²) in [6, 6.07) is 6.59. The van der Waals surface area contributed by atoms with Gasteiger partial charge in [0.1, 0.15) is 25.0 Å². The molecule has 12 heteroatoms. The summed E-state index contributed by atoms with van der Waals surface area (Å²) in [4.78, 5) is 65.9. The molecule has 0 aliphatic heterocycles. The number of alkyl carbamates (subject to hydrolysis) is 1. The van der Waals surface area contributed by atoms with Crippen LogP contribution in [0, 0.1) is 5.92 Å². The summed E-state index contributed by atoms with van der Waals surface area (Å²) in [5.41, 5.74) is 0.777. The molecule has 1 aromatic carbocycles. The van der Waals surface area contributed by atoms with Crippen LogP contribution >= 0.6 is 0 Å². The number of amides is 3. The summed E-state index contributed by atoms with van der Waals surface area (Å²) in [5, 5.41) is 13.9. The lowest BCUT2D eigenvalue weighted by atomic mass is 10.0. The number of benzene rings is 1. The summed E-state index contributed by atoms with van der Waals surface area (Å²) in [5.74, 6) is -4.16. The van der Waals surface area contributed by atoms with Crippen LogP contribution < -0.4 is 10.6 Å². The van der Waals surface area contributed by atoms with Crippen molar-refractivity contribution >= 4 is 29.7 Å². The number of aliphatic carboxylic acids is 1. The van der Waals surface area contributed by atoms with E-state index >= 15 is 0 Å². The van der Waals surface area contributed by atoms with E-state index < -0.39 is 54.7 Å². The van der Waals surface area contributed by atoms with Gasteiger partial charge >= 0.3 is 12.1 Å². The summed E-state index contributed by atoms with van der Waals surface area (Å²) < 4.78 is 10.0. The van der Waals surface area contributed by atoms with Gasteiger partial charge < -0.3 is 29.8 Å². The highest BCUT2D eigenvalue weighted by Gasteiger charge is 2.31. The Balaban J connectivity index is 1.95. The fraction of sp³-hybridized carbons (Fsp3) is 0.391. The quantitative estimate of drug-likeness (QED) is 0.372. The Kier molecular flexibility index (Phi) is 9.94. The van der Waals surface area contributed by atoms with Crippen molar-refractivity contribution in [3.63, 3.8) is 0 Å². The highest BCUT2D eigenvalue weighted by atomic mass is 16.5. The van der Waals surface area contributed by atoms with E-state index in [0.717, 1.165) is 16.7 Å². The third kappa shape index (κ3) is 8.57. The molecular weight excluding hydrogens is 460 g/mol. The number of ketones is 1. The Labute approximate surface area is 201 Å². The Morgan fingerprint density at radius 1 is 1.11 bits per heavy atom. The zero-order valence-corrected chi connectivity index (χ0v) is 19.6. The number of carbonyl (C=O) groups is 5. The largest absolute Gasteiger partial charge is 0.481 e. The Morgan fingerprint density at radius 2 is 1.80 bits per heavy atom. The SMILES string of the molecule is CC(C)C(NC(=O)OCc1ccccc1)C(=O)N(C)CC(=O)NC(CC(=O)O)C(=O)c1ncco1. The first-order chi connectivity index (χ1) is 16.6. The molecule has 1 aromatic heterocycles. The third-order valence-corrected chi connectivity index (χ3v) is 4.85. The Hall–Kier alpha value is -4.22. The molecule has 0 aliphatic rings. The lowest BCUT2D eigenvalue weighted by Gasteiger charge is -2.27. The van der Waals surface area contributed by atoms with Crippen LogP contribution in [-0.4, -0.2) is 70.3 Å². The van der Waals surface area contributed by atoms with Crippen LogP contribution in [0.25, 0.3) is 0 Å². The van der Waals surface area contributed by atoms with Crippen molar-refractivity contribution in [3.05, 3.63) is 54.2 Å². The van der Waals surface area contributed by atoms with Crippen molar-refractivity contribution in [2.75, 3.05) is 13.6 Å². The molecule has 2 rings (SSSR count). The third-order valence-electron chi connectivity index (χ3n) is 4.85. The molecule has 0 radical (unpaired) electrons. The number of rotatable bonds is 12. The first kappa shape index (κ1) is 27.0. The molecule has 188 valence electrons. The molecule has 0 saturated carbocycles. The topological polar surface area (TPSA) is 168 Å². The average molecular weight is 488 g/mol. The van der Waals surface area contributed by atoms with Crippen molar-refractivity contribution in [3.8, 4) is 0 Å². The van der Waals surface area contributed by atoms with E-state index in [-0.39, 0.29) is 18.4 Å². The summed E-state index contributed by atoms with van der Waals surface area (Å²) >= 11 is 0. The van der Waals surface area contributed by atoms with E-state index in [9.17, 15) is 24.0 Å².